The summed E-state index contributed by atoms with van der Waals surface area (Å²) in [6, 6.07) is 11.4. The Labute approximate surface area is 106 Å². The zero-order chi connectivity index (χ0) is 12.8. The Balaban J connectivity index is 1.89. The van der Waals surface area contributed by atoms with Gasteiger partial charge in [-0.3, -0.25) is 4.79 Å². The predicted octanol–water partition coefficient (Wildman–Crippen LogP) is 2.37. The Morgan fingerprint density at radius 1 is 1.28 bits per heavy atom. The number of aryl methyl sites for hydroxylation is 1. The molecule has 2 aromatic rings. The number of rotatable bonds is 2. The summed E-state index contributed by atoms with van der Waals surface area (Å²) >= 11 is 0. The van der Waals surface area contributed by atoms with Gasteiger partial charge in [0.15, 0.2) is 5.76 Å². The van der Waals surface area contributed by atoms with Crippen LogP contribution in [0.5, 0.6) is 0 Å². The van der Waals surface area contributed by atoms with Crippen molar-refractivity contribution in [1.82, 2.24) is 5.32 Å². The van der Waals surface area contributed by atoms with Crippen molar-refractivity contribution >= 4 is 5.91 Å². The predicted molar refractivity (Wildman–Crippen MR) is 69.1 cm³/mol. The summed E-state index contributed by atoms with van der Waals surface area (Å²) in [6.45, 7) is 2.13. The van der Waals surface area contributed by atoms with Crippen molar-refractivity contribution in [2.75, 3.05) is 6.54 Å². The van der Waals surface area contributed by atoms with Crippen molar-refractivity contribution in [3.05, 3.63) is 59.5 Å². The molecule has 1 amide bonds. The summed E-state index contributed by atoms with van der Waals surface area (Å²) in [5, 5.41) is 2.69. The molecular formula is C15H13NO2. The van der Waals surface area contributed by atoms with Crippen molar-refractivity contribution in [1.29, 1.82) is 0 Å². The van der Waals surface area contributed by atoms with Crippen LogP contribution in [0.25, 0.3) is 0 Å². The van der Waals surface area contributed by atoms with E-state index in [-0.39, 0.29) is 5.91 Å². The first-order valence-electron chi connectivity index (χ1n) is 5.63. The quantitative estimate of drug-likeness (QED) is 0.817. The largest absolute Gasteiger partial charge is 0.459 e. The van der Waals surface area contributed by atoms with E-state index in [0.717, 1.165) is 11.1 Å². The monoisotopic (exact) mass is 239 g/mol. The van der Waals surface area contributed by atoms with Gasteiger partial charge in [0.1, 0.15) is 0 Å². The van der Waals surface area contributed by atoms with Crippen LogP contribution >= 0.6 is 0 Å². The molecule has 0 saturated carbocycles. The van der Waals surface area contributed by atoms with Gasteiger partial charge < -0.3 is 9.73 Å². The van der Waals surface area contributed by atoms with Gasteiger partial charge in [-0.25, -0.2) is 0 Å². The fraction of sp³-hybridized carbons (Fsp3) is 0.133. The lowest BCUT2D eigenvalue weighted by Crippen LogP contribution is -2.23. The maximum Gasteiger partial charge on any atom is 0.288 e. The van der Waals surface area contributed by atoms with E-state index in [1.807, 2.05) is 37.3 Å². The Morgan fingerprint density at radius 2 is 2.06 bits per heavy atom. The Bertz CT molecular complexity index is 588. The van der Waals surface area contributed by atoms with E-state index in [2.05, 4.69) is 17.2 Å². The fourth-order valence-electron chi connectivity index (χ4n) is 1.48. The molecule has 0 unspecified atom stereocenters. The van der Waals surface area contributed by atoms with Crippen LogP contribution in [0.2, 0.25) is 0 Å². The summed E-state index contributed by atoms with van der Waals surface area (Å²) in [7, 11) is 0. The van der Waals surface area contributed by atoms with Crippen molar-refractivity contribution < 1.29 is 9.21 Å². The van der Waals surface area contributed by atoms with Crippen LogP contribution < -0.4 is 5.32 Å². The number of carbonyl (C=O) groups is 1. The van der Waals surface area contributed by atoms with Crippen LogP contribution in [0.4, 0.5) is 0 Å². The topological polar surface area (TPSA) is 42.2 Å². The average Bonchev–Trinajstić information content (AvgIpc) is 2.82. The molecule has 1 N–H and O–H groups in total. The minimum atomic E-state index is -0.236. The Hall–Kier alpha value is -2.47. The zero-order valence-electron chi connectivity index (χ0n) is 10.1. The fourth-order valence-corrected chi connectivity index (χ4v) is 1.48. The normalized spacial score (nSPS) is 9.39. The van der Waals surface area contributed by atoms with E-state index in [9.17, 15) is 4.79 Å². The van der Waals surface area contributed by atoms with Crippen LogP contribution in [0.1, 0.15) is 21.7 Å². The highest BCUT2D eigenvalue weighted by atomic mass is 16.3. The SMILES string of the molecule is Cc1ccoc1C(=O)NCC#Cc1ccccc1. The number of amides is 1. The van der Waals surface area contributed by atoms with Gasteiger partial charge in [-0.1, -0.05) is 30.0 Å². The summed E-state index contributed by atoms with van der Waals surface area (Å²) in [5.41, 5.74) is 1.75. The van der Waals surface area contributed by atoms with E-state index >= 15 is 0 Å². The third kappa shape index (κ3) is 3.02. The molecule has 18 heavy (non-hydrogen) atoms. The highest BCUT2D eigenvalue weighted by Crippen LogP contribution is 2.07. The molecule has 1 heterocycles. The maximum atomic E-state index is 11.7. The van der Waals surface area contributed by atoms with E-state index in [1.54, 1.807) is 6.07 Å². The van der Waals surface area contributed by atoms with Gasteiger partial charge in [0.05, 0.1) is 12.8 Å². The van der Waals surface area contributed by atoms with Gasteiger partial charge in [0.25, 0.3) is 5.91 Å². The van der Waals surface area contributed by atoms with Gasteiger partial charge in [-0.05, 0) is 25.1 Å². The average molecular weight is 239 g/mol. The molecule has 90 valence electrons. The molecule has 0 fully saturated rings. The van der Waals surface area contributed by atoms with Gasteiger partial charge in [0, 0.05) is 11.1 Å². The van der Waals surface area contributed by atoms with Crippen LogP contribution in [0, 0.1) is 18.8 Å². The Kier molecular flexibility index (Phi) is 3.83. The molecule has 0 aliphatic rings. The number of hydrogen-bond donors (Lipinski definition) is 1. The molecule has 3 heteroatoms. The molecule has 0 bridgehead atoms. The standard InChI is InChI=1S/C15H13NO2/c1-12-9-11-18-14(12)15(17)16-10-5-8-13-6-3-2-4-7-13/h2-4,6-7,9,11H,10H2,1H3,(H,16,17). The van der Waals surface area contributed by atoms with Gasteiger partial charge in [-0.15, -0.1) is 0 Å². The smallest absolute Gasteiger partial charge is 0.288 e. The van der Waals surface area contributed by atoms with Crippen LogP contribution in [-0.4, -0.2) is 12.5 Å². The van der Waals surface area contributed by atoms with E-state index in [0.29, 0.717) is 12.3 Å². The number of benzene rings is 1. The highest BCUT2D eigenvalue weighted by molar-refractivity contribution is 5.92. The third-order valence-corrected chi connectivity index (χ3v) is 2.41. The lowest BCUT2D eigenvalue weighted by Gasteiger charge is -1.98. The molecule has 0 aliphatic carbocycles. The Morgan fingerprint density at radius 3 is 2.72 bits per heavy atom. The molecule has 0 radical (unpaired) electrons. The van der Waals surface area contributed by atoms with Crippen molar-refractivity contribution in [3.63, 3.8) is 0 Å². The second-order valence-electron chi connectivity index (χ2n) is 3.78. The van der Waals surface area contributed by atoms with Crippen LogP contribution in [0.3, 0.4) is 0 Å². The lowest BCUT2D eigenvalue weighted by atomic mass is 10.2. The van der Waals surface area contributed by atoms with Crippen LogP contribution in [0.15, 0.2) is 47.1 Å². The highest BCUT2D eigenvalue weighted by Gasteiger charge is 2.10. The van der Waals surface area contributed by atoms with Crippen LogP contribution in [-0.2, 0) is 0 Å². The molecular weight excluding hydrogens is 226 g/mol. The van der Waals surface area contributed by atoms with Crippen molar-refractivity contribution in [2.45, 2.75) is 6.92 Å². The first-order valence-corrected chi connectivity index (χ1v) is 5.63. The first kappa shape index (κ1) is 12.0. The third-order valence-electron chi connectivity index (χ3n) is 2.41. The van der Waals surface area contributed by atoms with Crippen molar-refractivity contribution in [2.24, 2.45) is 0 Å². The maximum absolute atomic E-state index is 11.7. The molecule has 0 spiro atoms. The minimum Gasteiger partial charge on any atom is -0.459 e. The van der Waals surface area contributed by atoms with E-state index in [4.69, 9.17) is 4.42 Å². The van der Waals surface area contributed by atoms with Crippen molar-refractivity contribution in [3.8, 4) is 11.8 Å². The molecule has 0 saturated heterocycles. The number of furan rings is 1. The number of hydrogen-bond acceptors (Lipinski definition) is 2. The zero-order valence-corrected chi connectivity index (χ0v) is 10.1. The molecule has 1 aromatic heterocycles. The number of carbonyl (C=O) groups excluding carboxylic acids is 1. The van der Waals surface area contributed by atoms with E-state index < -0.39 is 0 Å². The molecule has 0 atom stereocenters. The summed E-state index contributed by atoms with van der Waals surface area (Å²) in [4.78, 5) is 11.7. The number of nitrogens with one attached hydrogen (secondary N) is 1. The summed E-state index contributed by atoms with van der Waals surface area (Å²) < 4.78 is 5.08. The minimum absolute atomic E-state index is 0.236. The van der Waals surface area contributed by atoms with Gasteiger partial charge in [0.2, 0.25) is 0 Å². The molecule has 3 nitrogen and oxygen atoms in total. The second kappa shape index (κ2) is 5.74. The summed E-state index contributed by atoms with van der Waals surface area (Å²) in [6.07, 6.45) is 1.50. The molecule has 0 aliphatic heterocycles. The molecule has 2 rings (SSSR count). The first-order chi connectivity index (χ1) is 8.77. The lowest BCUT2D eigenvalue weighted by molar-refractivity contribution is 0.0930. The van der Waals surface area contributed by atoms with Gasteiger partial charge >= 0.3 is 0 Å². The summed E-state index contributed by atoms with van der Waals surface area (Å²) in [5.74, 6) is 5.96. The van der Waals surface area contributed by atoms with Gasteiger partial charge in [-0.2, -0.15) is 0 Å². The second-order valence-corrected chi connectivity index (χ2v) is 3.78. The van der Waals surface area contributed by atoms with E-state index in [1.165, 1.54) is 6.26 Å². The molecule has 1 aromatic carbocycles.